The van der Waals surface area contributed by atoms with Crippen molar-refractivity contribution in [2.45, 2.75) is 11.4 Å². The lowest BCUT2D eigenvalue weighted by molar-refractivity contribution is 0.219. The van der Waals surface area contributed by atoms with Crippen LogP contribution in [0, 0.1) is 0 Å². The summed E-state index contributed by atoms with van der Waals surface area (Å²) in [6.45, 7) is 1.68. The first-order chi connectivity index (χ1) is 12.9. The molecule has 0 radical (unpaired) electrons. The maximum atomic E-state index is 12.8. The second-order valence-corrected chi connectivity index (χ2v) is 8.82. The van der Waals surface area contributed by atoms with Crippen LogP contribution in [0.4, 0.5) is 10.5 Å². The van der Waals surface area contributed by atoms with Crippen molar-refractivity contribution in [3.8, 4) is 0 Å². The smallest absolute Gasteiger partial charge is 0.318 e. The topological polar surface area (TPSA) is 57.7 Å². The van der Waals surface area contributed by atoms with Gasteiger partial charge in [0.2, 0.25) is 0 Å². The van der Waals surface area contributed by atoms with Crippen molar-refractivity contribution >= 4 is 32.3 Å². The summed E-state index contributed by atoms with van der Waals surface area (Å²) in [6.07, 6.45) is 1.17. The van der Waals surface area contributed by atoms with E-state index in [0.717, 1.165) is 10.9 Å². The van der Waals surface area contributed by atoms with Crippen LogP contribution < -0.4 is 4.90 Å². The summed E-state index contributed by atoms with van der Waals surface area (Å²) in [5, 5.41) is 2.33. The highest BCUT2D eigenvalue weighted by Crippen LogP contribution is 2.25. The van der Waals surface area contributed by atoms with Crippen molar-refractivity contribution < 1.29 is 13.2 Å². The number of hydrogen-bond acceptors (Lipinski definition) is 3. The van der Waals surface area contributed by atoms with Gasteiger partial charge in [0.1, 0.15) is 0 Å². The van der Waals surface area contributed by atoms with Crippen molar-refractivity contribution in [3.63, 3.8) is 0 Å². The molecule has 3 aromatic rings. The number of rotatable bonds is 4. The number of sulfone groups is 1. The molecule has 1 fully saturated rings. The number of amides is 2. The highest BCUT2D eigenvalue weighted by Gasteiger charge is 2.30. The van der Waals surface area contributed by atoms with Crippen LogP contribution in [0.1, 0.15) is 5.56 Å². The summed E-state index contributed by atoms with van der Waals surface area (Å²) < 4.78 is 23.6. The number of nitrogens with zero attached hydrogens (tertiary/aromatic N) is 2. The Labute approximate surface area is 158 Å². The summed E-state index contributed by atoms with van der Waals surface area (Å²) in [6, 6.07) is 20.8. The standard InChI is InChI=1S/C21H20N2O3S/c1-27(25,26)20-8-4-7-19(14-20)23-12-11-22(21(23)24)15-16-9-10-17-5-2-3-6-18(17)13-16/h2-10,13-14H,11-12,15H2,1H3. The molecule has 0 aliphatic carbocycles. The Hall–Kier alpha value is -2.86. The third-order valence-corrected chi connectivity index (χ3v) is 5.95. The number of carbonyl (C=O) groups excluding carboxylic acids is 1. The molecule has 27 heavy (non-hydrogen) atoms. The minimum Gasteiger partial charge on any atom is -0.318 e. The number of fused-ring (bicyclic) bond motifs is 1. The van der Waals surface area contributed by atoms with Gasteiger partial charge < -0.3 is 4.90 Å². The minimum atomic E-state index is -3.31. The van der Waals surface area contributed by atoms with Gasteiger partial charge in [0.05, 0.1) is 4.90 Å². The van der Waals surface area contributed by atoms with E-state index in [0.29, 0.717) is 25.3 Å². The highest BCUT2D eigenvalue weighted by atomic mass is 32.2. The van der Waals surface area contributed by atoms with Crippen LogP contribution in [0.25, 0.3) is 10.8 Å². The summed E-state index contributed by atoms with van der Waals surface area (Å²) in [7, 11) is -3.31. The van der Waals surface area contributed by atoms with Crippen LogP contribution in [0.3, 0.4) is 0 Å². The average molecular weight is 380 g/mol. The Morgan fingerprint density at radius 1 is 0.889 bits per heavy atom. The van der Waals surface area contributed by atoms with Gasteiger partial charge in [-0.3, -0.25) is 4.90 Å². The average Bonchev–Trinajstić information content (AvgIpc) is 3.01. The first kappa shape index (κ1) is 17.5. The van der Waals surface area contributed by atoms with E-state index in [9.17, 15) is 13.2 Å². The summed E-state index contributed by atoms with van der Waals surface area (Å²) in [5.41, 5.74) is 1.69. The fourth-order valence-corrected chi connectivity index (χ4v) is 4.07. The van der Waals surface area contributed by atoms with Crippen molar-refractivity contribution in [1.82, 2.24) is 4.90 Å². The molecule has 4 rings (SSSR count). The van der Waals surface area contributed by atoms with Gasteiger partial charge in [-0.15, -0.1) is 0 Å². The normalized spacial score (nSPS) is 14.9. The zero-order chi connectivity index (χ0) is 19.0. The Kier molecular flexibility index (Phi) is 4.36. The highest BCUT2D eigenvalue weighted by molar-refractivity contribution is 7.90. The van der Waals surface area contributed by atoms with Crippen LogP contribution in [0.15, 0.2) is 71.6 Å². The number of anilines is 1. The molecule has 3 aromatic carbocycles. The molecule has 1 aliphatic heterocycles. The molecule has 0 saturated carbocycles. The first-order valence-corrected chi connectivity index (χ1v) is 10.7. The number of benzene rings is 3. The van der Waals surface area contributed by atoms with E-state index < -0.39 is 9.84 Å². The molecular formula is C21H20N2O3S. The van der Waals surface area contributed by atoms with Crippen LogP contribution in [-0.4, -0.2) is 38.7 Å². The third kappa shape index (κ3) is 3.53. The maximum absolute atomic E-state index is 12.8. The van der Waals surface area contributed by atoms with E-state index in [1.165, 1.54) is 11.6 Å². The van der Waals surface area contributed by atoms with Crippen molar-refractivity contribution in [3.05, 3.63) is 72.3 Å². The molecule has 0 bridgehead atoms. The van der Waals surface area contributed by atoms with E-state index in [4.69, 9.17) is 0 Å². The quantitative estimate of drug-likeness (QED) is 0.694. The van der Waals surface area contributed by atoms with E-state index in [1.807, 2.05) is 18.2 Å². The second-order valence-electron chi connectivity index (χ2n) is 6.81. The van der Waals surface area contributed by atoms with Gasteiger partial charge in [-0.2, -0.15) is 0 Å². The molecule has 0 spiro atoms. The summed E-state index contributed by atoms with van der Waals surface area (Å²) in [5.74, 6) is 0. The van der Waals surface area contributed by atoms with Gasteiger partial charge >= 0.3 is 6.03 Å². The van der Waals surface area contributed by atoms with Gasteiger partial charge in [0, 0.05) is 31.6 Å². The van der Waals surface area contributed by atoms with Crippen molar-refractivity contribution in [2.24, 2.45) is 0 Å². The van der Waals surface area contributed by atoms with Crippen molar-refractivity contribution in [1.29, 1.82) is 0 Å². The summed E-state index contributed by atoms with van der Waals surface area (Å²) >= 11 is 0. The maximum Gasteiger partial charge on any atom is 0.324 e. The van der Waals surface area contributed by atoms with Gasteiger partial charge in [0.15, 0.2) is 9.84 Å². The Balaban J connectivity index is 1.55. The van der Waals surface area contributed by atoms with Gasteiger partial charge in [-0.1, -0.05) is 42.5 Å². The summed E-state index contributed by atoms with van der Waals surface area (Å²) in [4.78, 5) is 16.5. The molecular weight excluding hydrogens is 360 g/mol. The Morgan fingerprint density at radius 2 is 1.67 bits per heavy atom. The monoisotopic (exact) mass is 380 g/mol. The van der Waals surface area contributed by atoms with E-state index in [2.05, 4.69) is 24.3 Å². The number of carbonyl (C=O) groups is 1. The number of urea groups is 1. The SMILES string of the molecule is CS(=O)(=O)c1cccc(N2CCN(Cc3ccc4ccccc4c3)C2=O)c1. The lowest BCUT2D eigenvalue weighted by atomic mass is 10.1. The van der Waals surface area contributed by atoms with Crippen LogP contribution in [0.5, 0.6) is 0 Å². The second kappa shape index (κ2) is 6.70. The predicted molar refractivity (Wildman–Crippen MR) is 107 cm³/mol. The third-order valence-electron chi connectivity index (χ3n) is 4.84. The lowest BCUT2D eigenvalue weighted by Crippen LogP contribution is -2.31. The molecule has 138 valence electrons. The zero-order valence-corrected chi connectivity index (χ0v) is 15.8. The molecule has 6 heteroatoms. The zero-order valence-electron chi connectivity index (χ0n) is 15.0. The van der Waals surface area contributed by atoms with E-state index in [-0.39, 0.29) is 10.9 Å². The van der Waals surface area contributed by atoms with Crippen LogP contribution in [0.2, 0.25) is 0 Å². The van der Waals surface area contributed by atoms with Gasteiger partial charge in [-0.05, 0) is 40.6 Å². The molecule has 0 atom stereocenters. The van der Waals surface area contributed by atoms with E-state index >= 15 is 0 Å². The molecule has 5 nitrogen and oxygen atoms in total. The predicted octanol–water partition coefficient (Wildman–Crippen LogP) is 3.69. The molecule has 0 aromatic heterocycles. The van der Waals surface area contributed by atoms with Gasteiger partial charge in [-0.25, -0.2) is 13.2 Å². The Bertz CT molecular complexity index is 1120. The largest absolute Gasteiger partial charge is 0.324 e. The van der Waals surface area contributed by atoms with Gasteiger partial charge in [0.25, 0.3) is 0 Å². The molecule has 0 unspecified atom stereocenters. The molecule has 0 N–H and O–H groups in total. The first-order valence-electron chi connectivity index (χ1n) is 8.76. The number of hydrogen-bond donors (Lipinski definition) is 0. The fraction of sp³-hybridized carbons (Fsp3) is 0.190. The molecule has 1 saturated heterocycles. The van der Waals surface area contributed by atoms with Crippen LogP contribution >= 0.6 is 0 Å². The van der Waals surface area contributed by atoms with Crippen LogP contribution in [-0.2, 0) is 16.4 Å². The lowest BCUT2D eigenvalue weighted by Gasteiger charge is -2.19. The van der Waals surface area contributed by atoms with Crippen molar-refractivity contribution in [2.75, 3.05) is 24.2 Å². The fourth-order valence-electron chi connectivity index (χ4n) is 3.41. The molecule has 1 aliphatic rings. The molecule has 2 amide bonds. The Morgan fingerprint density at radius 3 is 2.44 bits per heavy atom. The minimum absolute atomic E-state index is 0.103. The van der Waals surface area contributed by atoms with E-state index in [1.54, 1.807) is 34.1 Å². The molecule has 1 heterocycles.